The van der Waals surface area contributed by atoms with Crippen molar-refractivity contribution in [2.24, 2.45) is 0 Å². The molecule has 0 atom stereocenters. The van der Waals surface area contributed by atoms with E-state index < -0.39 is 0 Å². The fraction of sp³-hybridized carbons (Fsp3) is 0.130. The minimum atomic E-state index is -0.202. The van der Waals surface area contributed by atoms with Crippen molar-refractivity contribution in [2.75, 3.05) is 19.3 Å². The molecule has 3 rings (SSSR count). The molecule has 0 aliphatic rings. The van der Waals surface area contributed by atoms with E-state index >= 15 is 0 Å². The van der Waals surface area contributed by atoms with Crippen LogP contribution in [0.4, 0.5) is 0 Å². The third-order valence-electron chi connectivity index (χ3n) is 4.35. The molecule has 148 valence electrons. The number of hydrogen-bond acceptors (Lipinski definition) is 3. The minimum Gasteiger partial charge on any atom is -0.350 e. The number of carbonyl (C=O) groups is 2. The standard InChI is InChI=1S/C23H21ClN2O2S/c1-29-21-11-7-16(8-12-21)18-3-2-4-19(15-18)23(28)26-14-13-25-22(27)17-5-9-20(24)10-6-17/h2-12,15H,13-14H2,1H3,(H,25,27)(H,26,28). The summed E-state index contributed by atoms with van der Waals surface area (Å²) in [6.07, 6.45) is 2.04. The van der Waals surface area contributed by atoms with Crippen LogP contribution in [0.15, 0.2) is 77.7 Å². The molecule has 0 saturated carbocycles. The van der Waals surface area contributed by atoms with Crippen molar-refractivity contribution >= 4 is 35.2 Å². The molecular formula is C23H21ClN2O2S. The lowest BCUT2D eigenvalue weighted by Gasteiger charge is -2.09. The van der Waals surface area contributed by atoms with E-state index in [4.69, 9.17) is 11.6 Å². The zero-order chi connectivity index (χ0) is 20.6. The van der Waals surface area contributed by atoms with Crippen LogP contribution >= 0.6 is 23.4 Å². The lowest BCUT2D eigenvalue weighted by molar-refractivity contribution is 0.0927. The Morgan fingerprint density at radius 3 is 2.03 bits per heavy atom. The first kappa shape index (κ1) is 21.0. The molecule has 0 saturated heterocycles. The lowest BCUT2D eigenvalue weighted by atomic mass is 10.0. The summed E-state index contributed by atoms with van der Waals surface area (Å²) >= 11 is 7.51. The molecule has 0 aliphatic carbocycles. The SMILES string of the molecule is CSc1ccc(-c2cccc(C(=O)NCCNC(=O)c3ccc(Cl)cc3)c2)cc1. The number of halogens is 1. The summed E-state index contributed by atoms with van der Waals surface area (Å²) in [4.78, 5) is 25.7. The van der Waals surface area contributed by atoms with Gasteiger partial charge in [-0.25, -0.2) is 0 Å². The topological polar surface area (TPSA) is 58.2 Å². The smallest absolute Gasteiger partial charge is 0.251 e. The van der Waals surface area contributed by atoms with Crippen LogP contribution in [0.5, 0.6) is 0 Å². The zero-order valence-electron chi connectivity index (χ0n) is 15.9. The molecule has 3 aromatic rings. The van der Waals surface area contributed by atoms with Gasteiger partial charge in [0.1, 0.15) is 0 Å². The molecule has 4 nitrogen and oxygen atoms in total. The fourth-order valence-electron chi connectivity index (χ4n) is 2.78. The Hall–Kier alpha value is -2.76. The van der Waals surface area contributed by atoms with Crippen molar-refractivity contribution in [3.05, 3.63) is 88.9 Å². The molecule has 0 aliphatic heterocycles. The summed E-state index contributed by atoms with van der Waals surface area (Å²) in [5.41, 5.74) is 3.16. The fourth-order valence-corrected chi connectivity index (χ4v) is 3.32. The van der Waals surface area contributed by atoms with Crippen molar-refractivity contribution in [1.29, 1.82) is 0 Å². The Kier molecular flexibility index (Phi) is 7.33. The monoisotopic (exact) mass is 424 g/mol. The van der Waals surface area contributed by atoms with Gasteiger partial charge in [-0.3, -0.25) is 9.59 Å². The van der Waals surface area contributed by atoms with Gasteiger partial charge in [-0.15, -0.1) is 11.8 Å². The van der Waals surface area contributed by atoms with Crippen molar-refractivity contribution in [3.8, 4) is 11.1 Å². The molecule has 0 spiro atoms. The van der Waals surface area contributed by atoms with Gasteiger partial charge in [-0.2, -0.15) is 0 Å². The number of benzene rings is 3. The molecule has 2 N–H and O–H groups in total. The van der Waals surface area contributed by atoms with Crippen LogP contribution < -0.4 is 10.6 Å². The van der Waals surface area contributed by atoms with E-state index in [0.717, 1.165) is 11.1 Å². The summed E-state index contributed by atoms with van der Waals surface area (Å²) in [7, 11) is 0. The van der Waals surface area contributed by atoms with Gasteiger partial charge < -0.3 is 10.6 Å². The molecule has 3 aromatic carbocycles. The zero-order valence-corrected chi connectivity index (χ0v) is 17.5. The first-order valence-electron chi connectivity index (χ1n) is 9.13. The van der Waals surface area contributed by atoms with E-state index in [1.54, 1.807) is 42.1 Å². The number of carbonyl (C=O) groups excluding carboxylic acids is 2. The summed E-state index contributed by atoms with van der Waals surface area (Å²) in [6, 6.07) is 22.4. The summed E-state index contributed by atoms with van der Waals surface area (Å²) in [5.74, 6) is -0.375. The van der Waals surface area contributed by atoms with Crippen LogP contribution in [0.1, 0.15) is 20.7 Å². The maximum absolute atomic E-state index is 12.4. The molecule has 0 fully saturated rings. The molecule has 29 heavy (non-hydrogen) atoms. The molecule has 6 heteroatoms. The maximum Gasteiger partial charge on any atom is 0.251 e. The molecule has 0 aromatic heterocycles. The summed E-state index contributed by atoms with van der Waals surface area (Å²) < 4.78 is 0. The van der Waals surface area contributed by atoms with Crippen molar-refractivity contribution in [2.45, 2.75) is 4.90 Å². The third kappa shape index (κ3) is 5.86. The average Bonchev–Trinajstić information content (AvgIpc) is 2.77. The number of thioether (sulfide) groups is 1. The number of rotatable bonds is 7. The second kappa shape index (κ2) is 10.1. The van der Waals surface area contributed by atoms with E-state index in [2.05, 4.69) is 34.9 Å². The van der Waals surface area contributed by atoms with Crippen LogP contribution in [0.3, 0.4) is 0 Å². The number of nitrogens with one attached hydrogen (secondary N) is 2. The van der Waals surface area contributed by atoms with E-state index in [0.29, 0.717) is 29.2 Å². The quantitative estimate of drug-likeness (QED) is 0.419. The molecule has 0 heterocycles. The van der Waals surface area contributed by atoms with Crippen LogP contribution in [-0.4, -0.2) is 31.2 Å². The number of hydrogen-bond donors (Lipinski definition) is 2. The Morgan fingerprint density at radius 1 is 0.793 bits per heavy atom. The first-order valence-corrected chi connectivity index (χ1v) is 10.7. The van der Waals surface area contributed by atoms with Gasteiger partial charge in [0.05, 0.1) is 0 Å². The average molecular weight is 425 g/mol. The lowest BCUT2D eigenvalue weighted by Crippen LogP contribution is -2.34. The Bertz CT molecular complexity index is 989. The molecule has 0 radical (unpaired) electrons. The van der Waals surface area contributed by atoms with Gasteiger partial charge >= 0.3 is 0 Å². The van der Waals surface area contributed by atoms with Gasteiger partial charge in [0.2, 0.25) is 0 Å². The molecule has 0 bridgehead atoms. The van der Waals surface area contributed by atoms with E-state index in [1.807, 2.05) is 24.5 Å². The van der Waals surface area contributed by atoms with Gasteiger partial charge in [0.15, 0.2) is 0 Å². The van der Waals surface area contributed by atoms with Crippen molar-refractivity contribution in [3.63, 3.8) is 0 Å². The summed E-state index contributed by atoms with van der Waals surface area (Å²) in [5, 5.41) is 6.19. The van der Waals surface area contributed by atoms with Gasteiger partial charge in [-0.05, 0) is 65.9 Å². The van der Waals surface area contributed by atoms with Crippen LogP contribution in [0.25, 0.3) is 11.1 Å². The molecule has 0 unspecified atom stereocenters. The largest absolute Gasteiger partial charge is 0.350 e. The van der Waals surface area contributed by atoms with Crippen LogP contribution in [0.2, 0.25) is 5.02 Å². The first-order chi connectivity index (χ1) is 14.1. The van der Waals surface area contributed by atoms with E-state index in [-0.39, 0.29) is 11.8 Å². The second-order valence-electron chi connectivity index (χ2n) is 6.33. The second-order valence-corrected chi connectivity index (χ2v) is 7.64. The van der Waals surface area contributed by atoms with Crippen molar-refractivity contribution < 1.29 is 9.59 Å². The van der Waals surface area contributed by atoms with Crippen LogP contribution in [0, 0.1) is 0 Å². The highest BCUT2D eigenvalue weighted by molar-refractivity contribution is 7.98. The van der Waals surface area contributed by atoms with Crippen molar-refractivity contribution in [1.82, 2.24) is 10.6 Å². The van der Waals surface area contributed by atoms with Gasteiger partial charge in [-0.1, -0.05) is 35.9 Å². The van der Waals surface area contributed by atoms with E-state index in [1.165, 1.54) is 4.90 Å². The maximum atomic E-state index is 12.4. The predicted molar refractivity (Wildman–Crippen MR) is 120 cm³/mol. The predicted octanol–water partition coefficient (Wildman–Crippen LogP) is 4.89. The highest BCUT2D eigenvalue weighted by Crippen LogP contribution is 2.23. The molecule has 2 amide bonds. The van der Waals surface area contributed by atoms with E-state index in [9.17, 15) is 9.59 Å². The normalized spacial score (nSPS) is 10.4. The number of amides is 2. The minimum absolute atomic E-state index is 0.173. The highest BCUT2D eigenvalue weighted by atomic mass is 35.5. The summed E-state index contributed by atoms with van der Waals surface area (Å²) in [6.45, 7) is 0.674. The highest BCUT2D eigenvalue weighted by Gasteiger charge is 2.08. The van der Waals surface area contributed by atoms with Gasteiger partial charge in [0, 0.05) is 34.1 Å². The Balaban J connectivity index is 1.52. The Morgan fingerprint density at radius 2 is 1.41 bits per heavy atom. The molecular weight excluding hydrogens is 404 g/mol. The van der Waals surface area contributed by atoms with Gasteiger partial charge in [0.25, 0.3) is 11.8 Å². The third-order valence-corrected chi connectivity index (χ3v) is 5.35. The Labute approximate surface area is 179 Å². The van der Waals surface area contributed by atoms with Crippen LogP contribution in [-0.2, 0) is 0 Å².